The monoisotopic (exact) mass is 315 g/mol. The zero-order chi connectivity index (χ0) is 15.6. The van der Waals surface area contributed by atoms with Gasteiger partial charge in [0.1, 0.15) is 5.75 Å². The molecule has 1 heterocycles. The van der Waals surface area contributed by atoms with Gasteiger partial charge < -0.3 is 20.9 Å². The van der Waals surface area contributed by atoms with Crippen molar-refractivity contribution in [3.63, 3.8) is 0 Å². The fourth-order valence-electron chi connectivity index (χ4n) is 1.69. The second kappa shape index (κ2) is 5.98. The van der Waals surface area contributed by atoms with E-state index in [4.69, 9.17) is 10.5 Å². The number of hydrogen-bond donors (Lipinski definition) is 4. The minimum atomic E-state index is -3.79. The number of aliphatic hydroxyl groups is 1. The quantitative estimate of drug-likeness (QED) is 0.551. The van der Waals surface area contributed by atoms with E-state index in [1.165, 1.54) is 25.1 Å². The zero-order valence-corrected chi connectivity index (χ0v) is 12.2. The molecule has 0 fully saturated rings. The second-order valence-electron chi connectivity index (χ2n) is 4.75. The maximum absolute atomic E-state index is 12.1. The summed E-state index contributed by atoms with van der Waals surface area (Å²) in [6, 6.07) is 3.44. The number of amides is 1. The summed E-state index contributed by atoms with van der Waals surface area (Å²) >= 11 is 0. The number of anilines is 1. The van der Waals surface area contributed by atoms with Crippen LogP contribution in [0, 0.1) is 0 Å². The molecule has 1 amide bonds. The summed E-state index contributed by atoms with van der Waals surface area (Å²) < 4.78 is 31.7. The second-order valence-corrected chi connectivity index (χ2v) is 6.52. The predicted octanol–water partition coefficient (Wildman–Crippen LogP) is -0.996. The Hall–Kier alpha value is -1.68. The number of nitrogens with one attached hydrogen (secondary N) is 2. The first kappa shape index (κ1) is 15.7. The molecule has 2 atom stereocenters. The number of benzene rings is 1. The van der Waals surface area contributed by atoms with E-state index in [0.717, 1.165) is 0 Å². The molecule has 0 aliphatic carbocycles. The van der Waals surface area contributed by atoms with Crippen molar-refractivity contribution in [2.75, 3.05) is 18.5 Å². The number of carbonyl (C=O) groups excluding carboxylic acids is 1. The van der Waals surface area contributed by atoms with Crippen LogP contribution in [0.25, 0.3) is 0 Å². The van der Waals surface area contributed by atoms with Gasteiger partial charge in [-0.3, -0.25) is 4.79 Å². The molecule has 116 valence electrons. The third-order valence-corrected chi connectivity index (χ3v) is 4.44. The average molecular weight is 315 g/mol. The lowest BCUT2D eigenvalue weighted by molar-refractivity contribution is -0.118. The Morgan fingerprint density at radius 1 is 1.52 bits per heavy atom. The van der Waals surface area contributed by atoms with Gasteiger partial charge in [-0.1, -0.05) is 0 Å². The number of hydrogen-bond acceptors (Lipinski definition) is 6. The number of rotatable bonds is 5. The van der Waals surface area contributed by atoms with Gasteiger partial charge in [0, 0.05) is 12.6 Å². The van der Waals surface area contributed by atoms with Gasteiger partial charge in [0.25, 0.3) is 5.91 Å². The lowest BCUT2D eigenvalue weighted by Crippen LogP contribution is -2.43. The summed E-state index contributed by atoms with van der Waals surface area (Å²) in [6.07, 6.45) is -0.830. The van der Waals surface area contributed by atoms with Crippen molar-refractivity contribution in [3.8, 4) is 5.75 Å². The molecule has 2 rings (SSSR count). The topological polar surface area (TPSA) is 131 Å². The molecule has 1 aliphatic rings. The molecule has 5 N–H and O–H groups in total. The fraction of sp³-hybridized carbons (Fsp3) is 0.417. The molecule has 1 aromatic carbocycles. The Balaban J connectivity index is 2.17. The highest BCUT2D eigenvalue weighted by Gasteiger charge is 2.21. The Morgan fingerprint density at radius 2 is 2.24 bits per heavy atom. The van der Waals surface area contributed by atoms with E-state index >= 15 is 0 Å². The van der Waals surface area contributed by atoms with Gasteiger partial charge in [-0.15, -0.1) is 0 Å². The van der Waals surface area contributed by atoms with E-state index in [2.05, 4.69) is 10.0 Å². The minimum absolute atomic E-state index is 0.0233. The molecule has 1 aromatic rings. The Bertz CT molecular complexity index is 644. The van der Waals surface area contributed by atoms with Crippen molar-refractivity contribution < 1.29 is 23.1 Å². The highest BCUT2D eigenvalue weighted by Crippen LogP contribution is 2.29. The number of ether oxygens (including phenoxy) is 1. The highest BCUT2D eigenvalue weighted by molar-refractivity contribution is 7.89. The van der Waals surface area contributed by atoms with Crippen LogP contribution in [0.15, 0.2) is 23.1 Å². The predicted molar refractivity (Wildman–Crippen MR) is 75.4 cm³/mol. The van der Waals surface area contributed by atoms with E-state index in [1.807, 2.05) is 0 Å². The molecule has 0 radical (unpaired) electrons. The van der Waals surface area contributed by atoms with Crippen molar-refractivity contribution in [3.05, 3.63) is 18.2 Å². The third kappa shape index (κ3) is 3.70. The van der Waals surface area contributed by atoms with E-state index in [9.17, 15) is 18.3 Å². The first-order chi connectivity index (χ1) is 9.79. The first-order valence-corrected chi connectivity index (χ1v) is 7.78. The summed E-state index contributed by atoms with van der Waals surface area (Å²) in [4.78, 5) is 11.2. The van der Waals surface area contributed by atoms with E-state index in [-0.39, 0.29) is 24.0 Å². The van der Waals surface area contributed by atoms with Gasteiger partial charge in [0.2, 0.25) is 10.0 Å². The average Bonchev–Trinajstić information content (AvgIpc) is 2.43. The van der Waals surface area contributed by atoms with Crippen molar-refractivity contribution >= 4 is 21.6 Å². The lowest BCUT2D eigenvalue weighted by atomic mass is 10.2. The zero-order valence-electron chi connectivity index (χ0n) is 11.4. The standard InChI is InChI=1S/C12H17N3O5S/c1-7(16)9(13)5-14-21(18,19)8-2-3-11-10(4-8)15-12(17)6-20-11/h2-4,7,9,14,16H,5-6,13H2,1H3,(H,15,17). The van der Waals surface area contributed by atoms with Crippen LogP contribution in [0.3, 0.4) is 0 Å². The van der Waals surface area contributed by atoms with Gasteiger partial charge in [0.15, 0.2) is 6.61 Å². The van der Waals surface area contributed by atoms with Crippen molar-refractivity contribution in [1.82, 2.24) is 4.72 Å². The van der Waals surface area contributed by atoms with E-state index < -0.39 is 22.2 Å². The number of aliphatic hydroxyl groups excluding tert-OH is 1. The van der Waals surface area contributed by atoms with Crippen LogP contribution in [0.4, 0.5) is 5.69 Å². The largest absolute Gasteiger partial charge is 0.482 e. The van der Waals surface area contributed by atoms with Crippen molar-refractivity contribution in [1.29, 1.82) is 0 Å². The summed E-state index contributed by atoms with van der Waals surface area (Å²) in [6.45, 7) is 1.28. The molecule has 1 aliphatic heterocycles. The number of fused-ring (bicyclic) bond motifs is 1. The van der Waals surface area contributed by atoms with Gasteiger partial charge in [-0.25, -0.2) is 13.1 Å². The maximum Gasteiger partial charge on any atom is 0.262 e. The first-order valence-electron chi connectivity index (χ1n) is 6.29. The molecule has 0 saturated carbocycles. The van der Waals surface area contributed by atoms with Crippen LogP contribution in [0.1, 0.15) is 6.92 Å². The maximum atomic E-state index is 12.1. The molecule has 0 saturated heterocycles. The molecule has 8 nitrogen and oxygen atoms in total. The summed E-state index contributed by atoms with van der Waals surface area (Å²) in [5.74, 6) is 0.0652. The smallest absolute Gasteiger partial charge is 0.262 e. The molecule has 9 heteroatoms. The van der Waals surface area contributed by atoms with Gasteiger partial charge >= 0.3 is 0 Å². The number of carbonyl (C=O) groups is 1. The van der Waals surface area contributed by atoms with Crippen LogP contribution < -0.4 is 20.5 Å². The third-order valence-electron chi connectivity index (χ3n) is 3.02. The number of nitrogens with two attached hydrogens (primary N) is 1. The van der Waals surface area contributed by atoms with Gasteiger partial charge in [-0.05, 0) is 25.1 Å². The fourth-order valence-corrected chi connectivity index (χ4v) is 2.79. The summed E-state index contributed by atoms with van der Waals surface area (Å²) in [5, 5.41) is 11.8. The van der Waals surface area contributed by atoms with Crippen LogP contribution in [-0.4, -0.2) is 44.7 Å². The molecule has 21 heavy (non-hydrogen) atoms. The van der Waals surface area contributed by atoms with E-state index in [1.54, 1.807) is 0 Å². The molecule has 2 unspecified atom stereocenters. The normalized spacial score (nSPS) is 17.4. The summed E-state index contributed by atoms with van der Waals surface area (Å²) in [5.41, 5.74) is 5.88. The van der Waals surface area contributed by atoms with Gasteiger partial charge in [0.05, 0.1) is 16.7 Å². The molecule has 0 aromatic heterocycles. The summed E-state index contributed by atoms with van der Waals surface area (Å²) in [7, 11) is -3.79. The van der Waals surface area contributed by atoms with Crippen molar-refractivity contribution in [2.24, 2.45) is 5.73 Å². The Morgan fingerprint density at radius 3 is 2.90 bits per heavy atom. The van der Waals surface area contributed by atoms with Crippen LogP contribution in [0.2, 0.25) is 0 Å². The Kier molecular flexibility index (Phi) is 4.47. The van der Waals surface area contributed by atoms with E-state index in [0.29, 0.717) is 11.4 Å². The van der Waals surface area contributed by atoms with Crippen LogP contribution in [-0.2, 0) is 14.8 Å². The SMILES string of the molecule is CC(O)C(N)CNS(=O)(=O)c1ccc2c(c1)NC(=O)CO2. The molecular weight excluding hydrogens is 298 g/mol. The minimum Gasteiger partial charge on any atom is -0.482 e. The molecular formula is C12H17N3O5S. The Labute approximate surface area is 122 Å². The molecule has 0 spiro atoms. The van der Waals surface area contributed by atoms with Crippen molar-refractivity contribution in [2.45, 2.75) is 24.0 Å². The van der Waals surface area contributed by atoms with Crippen LogP contribution in [0.5, 0.6) is 5.75 Å². The number of sulfonamides is 1. The van der Waals surface area contributed by atoms with Gasteiger partial charge in [-0.2, -0.15) is 0 Å². The highest BCUT2D eigenvalue weighted by atomic mass is 32.2. The lowest BCUT2D eigenvalue weighted by Gasteiger charge is -2.19. The van der Waals surface area contributed by atoms with Crippen LogP contribution >= 0.6 is 0 Å². The molecule has 0 bridgehead atoms.